The molecule has 2 aromatic rings. The molecule has 2 aromatic carbocycles. The summed E-state index contributed by atoms with van der Waals surface area (Å²) in [6.45, 7) is 5.26. The van der Waals surface area contributed by atoms with Gasteiger partial charge in [-0.2, -0.15) is 0 Å². The van der Waals surface area contributed by atoms with Gasteiger partial charge in [0.2, 0.25) is 15.9 Å². The number of hydrogen-bond donors (Lipinski definition) is 2. The third kappa shape index (κ3) is 7.57. The molecule has 2 N–H and O–H groups in total. The normalized spacial score (nSPS) is 19.6. The van der Waals surface area contributed by atoms with Gasteiger partial charge in [-0.05, 0) is 74.8 Å². The molecule has 1 atom stereocenters. The summed E-state index contributed by atoms with van der Waals surface area (Å²) < 4.78 is 33.2. The van der Waals surface area contributed by atoms with Gasteiger partial charge >= 0.3 is 0 Å². The van der Waals surface area contributed by atoms with Crippen LogP contribution in [0.4, 0.5) is 0 Å². The van der Waals surface area contributed by atoms with Crippen molar-refractivity contribution in [1.29, 1.82) is 0 Å². The van der Waals surface area contributed by atoms with E-state index in [-0.39, 0.29) is 28.7 Å². The molecule has 0 aromatic heterocycles. The van der Waals surface area contributed by atoms with Crippen molar-refractivity contribution < 1.29 is 17.9 Å². The first-order chi connectivity index (χ1) is 15.9. The van der Waals surface area contributed by atoms with Gasteiger partial charge < -0.3 is 10.1 Å². The molecule has 0 unspecified atom stereocenters. The standard InChI is InChI=1S/C26H36N2O4S/c1-3-4-18-32-24-16-14-22(15-17-24)20(2)28-26(29)23-12-10-21(11-13-23)19-27-33(30,31)25-8-6-5-7-9-25/h5-9,14-17,20-21,23,27H,3-4,10-13,18-19H2,1-2H3,(H,28,29)/t20-,21?,23?/m1/s1. The number of rotatable bonds is 11. The smallest absolute Gasteiger partial charge is 0.240 e. The lowest BCUT2D eigenvalue weighted by atomic mass is 9.81. The van der Waals surface area contributed by atoms with Gasteiger partial charge in [0, 0.05) is 12.5 Å². The minimum absolute atomic E-state index is 0.0221. The minimum atomic E-state index is -3.48. The number of carbonyl (C=O) groups excluding carboxylic acids is 1. The maximum absolute atomic E-state index is 12.8. The maximum atomic E-state index is 12.8. The van der Waals surface area contributed by atoms with E-state index in [2.05, 4.69) is 17.0 Å². The van der Waals surface area contributed by atoms with Gasteiger partial charge in [-0.25, -0.2) is 13.1 Å². The van der Waals surface area contributed by atoms with Crippen LogP contribution in [0.5, 0.6) is 5.75 Å². The van der Waals surface area contributed by atoms with E-state index in [1.54, 1.807) is 30.3 Å². The van der Waals surface area contributed by atoms with Crippen molar-refractivity contribution in [2.75, 3.05) is 13.2 Å². The van der Waals surface area contributed by atoms with Crippen molar-refractivity contribution in [3.8, 4) is 5.75 Å². The summed E-state index contributed by atoms with van der Waals surface area (Å²) in [4.78, 5) is 13.1. The number of hydrogen-bond acceptors (Lipinski definition) is 4. The second-order valence-electron chi connectivity index (χ2n) is 8.88. The van der Waals surface area contributed by atoms with Crippen LogP contribution in [0, 0.1) is 11.8 Å². The first-order valence-electron chi connectivity index (χ1n) is 12.0. The van der Waals surface area contributed by atoms with Crippen molar-refractivity contribution in [2.45, 2.75) is 63.3 Å². The molecular weight excluding hydrogens is 436 g/mol. The topological polar surface area (TPSA) is 84.5 Å². The monoisotopic (exact) mass is 472 g/mol. The highest BCUT2D eigenvalue weighted by Crippen LogP contribution is 2.29. The third-order valence-corrected chi connectivity index (χ3v) is 7.78. The summed E-state index contributed by atoms with van der Waals surface area (Å²) in [7, 11) is -3.48. The van der Waals surface area contributed by atoms with Crippen molar-refractivity contribution in [3.63, 3.8) is 0 Å². The molecule has 1 fully saturated rings. The Morgan fingerprint density at radius 3 is 2.33 bits per heavy atom. The molecule has 0 saturated heterocycles. The van der Waals surface area contributed by atoms with Crippen LogP contribution in [0.3, 0.4) is 0 Å². The number of carbonyl (C=O) groups is 1. The number of amides is 1. The molecule has 1 saturated carbocycles. The SMILES string of the molecule is CCCCOc1ccc([C@@H](C)NC(=O)C2CCC(CNS(=O)(=O)c3ccccc3)CC2)cc1. The highest BCUT2D eigenvalue weighted by atomic mass is 32.2. The minimum Gasteiger partial charge on any atom is -0.494 e. The largest absolute Gasteiger partial charge is 0.494 e. The predicted octanol–water partition coefficient (Wildman–Crippen LogP) is 4.83. The lowest BCUT2D eigenvalue weighted by molar-refractivity contribution is -0.126. The third-order valence-electron chi connectivity index (χ3n) is 6.34. The molecule has 6 nitrogen and oxygen atoms in total. The van der Waals surface area contributed by atoms with Gasteiger partial charge in [0.1, 0.15) is 5.75 Å². The Bertz CT molecular complexity index is 969. The van der Waals surface area contributed by atoms with Crippen LogP contribution in [0.15, 0.2) is 59.5 Å². The molecule has 7 heteroatoms. The quantitative estimate of drug-likeness (QED) is 0.459. The zero-order valence-electron chi connectivity index (χ0n) is 19.6. The fourth-order valence-electron chi connectivity index (χ4n) is 4.14. The summed E-state index contributed by atoms with van der Waals surface area (Å²) >= 11 is 0. The van der Waals surface area contributed by atoms with Crippen LogP contribution in [-0.4, -0.2) is 27.5 Å². The van der Waals surface area contributed by atoms with Gasteiger partial charge in [0.05, 0.1) is 17.5 Å². The van der Waals surface area contributed by atoms with Crippen molar-refractivity contribution in [2.24, 2.45) is 11.8 Å². The van der Waals surface area contributed by atoms with Gasteiger partial charge in [-0.3, -0.25) is 4.79 Å². The van der Waals surface area contributed by atoms with Crippen LogP contribution in [0.25, 0.3) is 0 Å². The number of unbranched alkanes of at least 4 members (excludes halogenated alkanes) is 1. The molecule has 0 spiro atoms. The average molecular weight is 473 g/mol. The first-order valence-corrected chi connectivity index (χ1v) is 13.4. The van der Waals surface area contributed by atoms with Gasteiger partial charge in [-0.1, -0.05) is 43.7 Å². The Morgan fingerprint density at radius 2 is 1.70 bits per heavy atom. The molecule has 0 bridgehead atoms. The van der Waals surface area contributed by atoms with Crippen LogP contribution in [0.2, 0.25) is 0 Å². The molecule has 180 valence electrons. The molecule has 0 aliphatic heterocycles. The number of benzene rings is 2. The van der Waals surface area contributed by atoms with Gasteiger partial charge in [-0.15, -0.1) is 0 Å². The Labute approximate surface area is 198 Å². The second-order valence-corrected chi connectivity index (χ2v) is 10.7. The molecule has 0 heterocycles. The van der Waals surface area contributed by atoms with Gasteiger partial charge in [0.15, 0.2) is 0 Å². The number of ether oxygens (including phenoxy) is 1. The molecule has 3 rings (SSSR count). The fourth-order valence-corrected chi connectivity index (χ4v) is 5.28. The van der Waals surface area contributed by atoms with E-state index in [1.807, 2.05) is 31.2 Å². The fraction of sp³-hybridized carbons (Fsp3) is 0.500. The van der Waals surface area contributed by atoms with E-state index in [1.165, 1.54) is 0 Å². The lowest BCUT2D eigenvalue weighted by Crippen LogP contribution is -2.37. The highest BCUT2D eigenvalue weighted by molar-refractivity contribution is 7.89. The van der Waals surface area contributed by atoms with E-state index in [0.717, 1.165) is 56.4 Å². The van der Waals surface area contributed by atoms with E-state index >= 15 is 0 Å². The Balaban J connectivity index is 1.41. The molecule has 33 heavy (non-hydrogen) atoms. The Morgan fingerprint density at radius 1 is 1.03 bits per heavy atom. The Hall–Kier alpha value is -2.38. The van der Waals surface area contributed by atoms with Crippen LogP contribution >= 0.6 is 0 Å². The zero-order chi connectivity index (χ0) is 23.7. The van der Waals surface area contributed by atoms with Crippen LogP contribution in [-0.2, 0) is 14.8 Å². The second kappa shape index (κ2) is 12.2. The van der Waals surface area contributed by atoms with E-state index in [9.17, 15) is 13.2 Å². The molecular formula is C26H36N2O4S. The number of sulfonamides is 1. The number of nitrogens with one attached hydrogen (secondary N) is 2. The van der Waals surface area contributed by atoms with Crippen LogP contribution < -0.4 is 14.8 Å². The average Bonchev–Trinajstić information content (AvgIpc) is 2.84. The van der Waals surface area contributed by atoms with E-state index in [0.29, 0.717) is 6.54 Å². The highest BCUT2D eigenvalue weighted by Gasteiger charge is 2.28. The summed E-state index contributed by atoms with van der Waals surface area (Å²) in [6, 6.07) is 16.3. The first kappa shape index (κ1) is 25.2. The molecule has 1 aliphatic carbocycles. The summed E-state index contributed by atoms with van der Waals surface area (Å²) in [6.07, 6.45) is 5.38. The van der Waals surface area contributed by atoms with E-state index < -0.39 is 10.0 Å². The predicted molar refractivity (Wildman–Crippen MR) is 130 cm³/mol. The summed E-state index contributed by atoms with van der Waals surface area (Å²) in [5.74, 6) is 1.16. The lowest BCUT2D eigenvalue weighted by Gasteiger charge is -2.29. The van der Waals surface area contributed by atoms with E-state index in [4.69, 9.17) is 4.74 Å². The zero-order valence-corrected chi connectivity index (χ0v) is 20.4. The summed E-state index contributed by atoms with van der Waals surface area (Å²) in [5.41, 5.74) is 1.05. The van der Waals surface area contributed by atoms with Crippen molar-refractivity contribution in [3.05, 3.63) is 60.2 Å². The molecule has 0 radical (unpaired) electrons. The Kier molecular flexibility index (Phi) is 9.32. The van der Waals surface area contributed by atoms with Crippen molar-refractivity contribution in [1.82, 2.24) is 10.0 Å². The summed E-state index contributed by atoms with van der Waals surface area (Å²) in [5, 5.41) is 3.14. The van der Waals surface area contributed by atoms with Crippen LogP contribution in [0.1, 0.15) is 64.0 Å². The van der Waals surface area contributed by atoms with Gasteiger partial charge in [0.25, 0.3) is 0 Å². The molecule has 1 amide bonds. The maximum Gasteiger partial charge on any atom is 0.240 e. The molecule has 1 aliphatic rings. The van der Waals surface area contributed by atoms with Crippen molar-refractivity contribution >= 4 is 15.9 Å².